The summed E-state index contributed by atoms with van der Waals surface area (Å²) in [6.07, 6.45) is 3.13. The van der Waals surface area contributed by atoms with Crippen LogP contribution < -0.4 is 14.8 Å². The van der Waals surface area contributed by atoms with Crippen LogP contribution in [0, 0.1) is 6.92 Å². The van der Waals surface area contributed by atoms with E-state index in [1.54, 1.807) is 37.5 Å². The van der Waals surface area contributed by atoms with Crippen molar-refractivity contribution in [2.45, 2.75) is 20.5 Å². The number of aryl methyl sites for hydroxylation is 1. The van der Waals surface area contributed by atoms with Crippen molar-refractivity contribution in [3.05, 3.63) is 95.1 Å². The summed E-state index contributed by atoms with van der Waals surface area (Å²) in [6, 6.07) is 20.4. The lowest BCUT2D eigenvalue weighted by atomic mass is 10.1. The third kappa shape index (κ3) is 6.06. The van der Waals surface area contributed by atoms with Gasteiger partial charge >= 0.3 is 0 Å². The highest BCUT2D eigenvalue weighted by molar-refractivity contribution is 6.03. The highest BCUT2D eigenvalue weighted by Crippen LogP contribution is 2.29. The van der Waals surface area contributed by atoms with Crippen molar-refractivity contribution < 1.29 is 19.1 Å². The molecule has 31 heavy (non-hydrogen) atoms. The molecule has 0 unspecified atom stereocenters. The molecule has 0 aromatic heterocycles. The Balaban J connectivity index is 1.65. The molecule has 1 amide bonds. The number of carbonyl (C=O) groups is 2. The first-order valence-corrected chi connectivity index (χ1v) is 9.91. The molecule has 0 heterocycles. The molecule has 0 atom stereocenters. The maximum atomic E-state index is 12.2. The van der Waals surface area contributed by atoms with Crippen molar-refractivity contribution in [1.82, 2.24) is 0 Å². The van der Waals surface area contributed by atoms with Crippen molar-refractivity contribution in [2.75, 3.05) is 12.4 Å². The van der Waals surface area contributed by atoms with Gasteiger partial charge in [0.05, 0.1) is 7.11 Å². The Morgan fingerprint density at radius 2 is 1.77 bits per heavy atom. The van der Waals surface area contributed by atoms with Gasteiger partial charge in [-0.15, -0.1) is 0 Å². The minimum absolute atomic E-state index is 0.0523. The maximum Gasteiger partial charge on any atom is 0.248 e. The van der Waals surface area contributed by atoms with Crippen LogP contribution in [0.5, 0.6) is 11.5 Å². The Hall–Kier alpha value is -3.86. The average Bonchev–Trinajstić information content (AvgIpc) is 2.77. The number of amides is 1. The van der Waals surface area contributed by atoms with Gasteiger partial charge in [-0.05, 0) is 60.9 Å². The van der Waals surface area contributed by atoms with Crippen molar-refractivity contribution in [3.63, 3.8) is 0 Å². The van der Waals surface area contributed by atoms with Crippen LogP contribution >= 0.6 is 0 Å². The number of Topliss-reactive ketones (excluding diaryl/α,β-unsaturated/α-hetero) is 1. The van der Waals surface area contributed by atoms with Gasteiger partial charge in [-0.25, -0.2) is 0 Å². The Labute approximate surface area is 182 Å². The fraction of sp³-hybridized carbons (Fsp3) is 0.154. The van der Waals surface area contributed by atoms with E-state index in [-0.39, 0.29) is 11.7 Å². The fourth-order valence-corrected chi connectivity index (χ4v) is 3.01. The molecule has 3 rings (SSSR count). The van der Waals surface area contributed by atoms with Gasteiger partial charge in [-0.3, -0.25) is 9.59 Å². The highest BCUT2D eigenvalue weighted by atomic mass is 16.5. The van der Waals surface area contributed by atoms with Gasteiger partial charge in [0.25, 0.3) is 0 Å². The van der Waals surface area contributed by atoms with Crippen molar-refractivity contribution in [1.29, 1.82) is 0 Å². The summed E-state index contributed by atoms with van der Waals surface area (Å²) in [4.78, 5) is 23.7. The Morgan fingerprint density at radius 1 is 0.968 bits per heavy atom. The van der Waals surface area contributed by atoms with Crippen molar-refractivity contribution >= 4 is 23.5 Å². The minimum atomic E-state index is -0.292. The van der Waals surface area contributed by atoms with Gasteiger partial charge in [0.1, 0.15) is 6.61 Å². The Morgan fingerprint density at radius 3 is 2.52 bits per heavy atom. The number of rotatable bonds is 8. The number of ketones is 1. The number of ether oxygens (including phenoxy) is 2. The van der Waals surface area contributed by atoms with Gasteiger partial charge in [-0.2, -0.15) is 0 Å². The molecule has 0 saturated heterocycles. The predicted octanol–water partition coefficient (Wildman–Crippen LogP) is 5.44. The van der Waals surface area contributed by atoms with E-state index in [0.717, 1.165) is 11.1 Å². The minimum Gasteiger partial charge on any atom is -0.493 e. The quantitative estimate of drug-likeness (QED) is 0.393. The van der Waals surface area contributed by atoms with Crippen molar-refractivity contribution in [3.8, 4) is 11.5 Å². The summed E-state index contributed by atoms with van der Waals surface area (Å²) in [5.74, 6) is 0.877. The second kappa shape index (κ2) is 10.3. The van der Waals surface area contributed by atoms with E-state index in [1.807, 2.05) is 49.4 Å². The van der Waals surface area contributed by atoms with Gasteiger partial charge < -0.3 is 14.8 Å². The molecular weight excluding hydrogens is 390 g/mol. The summed E-state index contributed by atoms with van der Waals surface area (Å²) >= 11 is 0. The van der Waals surface area contributed by atoms with E-state index < -0.39 is 0 Å². The monoisotopic (exact) mass is 415 g/mol. The van der Waals surface area contributed by atoms with Crippen LogP contribution in [0.1, 0.15) is 34.0 Å². The first-order chi connectivity index (χ1) is 15.0. The molecule has 3 aromatic carbocycles. The fourth-order valence-electron chi connectivity index (χ4n) is 3.01. The molecule has 158 valence electrons. The topological polar surface area (TPSA) is 64.6 Å². The summed E-state index contributed by atoms with van der Waals surface area (Å²) in [7, 11) is 1.58. The lowest BCUT2D eigenvalue weighted by Gasteiger charge is -2.12. The number of carbonyl (C=O) groups excluding carboxylic acids is 2. The third-order valence-electron chi connectivity index (χ3n) is 4.80. The maximum absolute atomic E-state index is 12.2. The van der Waals surface area contributed by atoms with Crippen LogP contribution in [-0.2, 0) is 11.4 Å². The number of hydrogen-bond acceptors (Lipinski definition) is 4. The number of methoxy groups -OCH3 is 1. The zero-order valence-electron chi connectivity index (χ0n) is 17.8. The van der Waals surface area contributed by atoms with E-state index in [1.165, 1.54) is 18.6 Å². The van der Waals surface area contributed by atoms with Gasteiger partial charge in [0.2, 0.25) is 5.91 Å². The van der Waals surface area contributed by atoms with Crippen LogP contribution in [0.15, 0.2) is 72.8 Å². The highest BCUT2D eigenvalue weighted by Gasteiger charge is 2.07. The van der Waals surface area contributed by atoms with Crippen LogP contribution in [-0.4, -0.2) is 18.8 Å². The average molecular weight is 415 g/mol. The number of anilines is 1. The van der Waals surface area contributed by atoms with E-state index >= 15 is 0 Å². The van der Waals surface area contributed by atoms with E-state index in [9.17, 15) is 9.59 Å². The molecule has 0 saturated carbocycles. The Kier molecular flexibility index (Phi) is 7.22. The van der Waals surface area contributed by atoms with Crippen molar-refractivity contribution in [2.24, 2.45) is 0 Å². The molecule has 0 radical (unpaired) electrons. The first kappa shape index (κ1) is 21.8. The van der Waals surface area contributed by atoms with Gasteiger partial charge in [-0.1, -0.05) is 42.5 Å². The second-order valence-corrected chi connectivity index (χ2v) is 7.09. The number of nitrogens with one attached hydrogen (secondary N) is 1. The lowest BCUT2D eigenvalue weighted by Crippen LogP contribution is -2.08. The second-order valence-electron chi connectivity index (χ2n) is 7.09. The van der Waals surface area contributed by atoms with Crippen LogP contribution in [0.25, 0.3) is 6.08 Å². The van der Waals surface area contributed by atoms with Gasteiger partial charge in [0.15, 0.2) is 17.3 Å². The summed E-state index contributed by atoms with van der Waals surface area (Å²) < 4.78 is 11.4. The predicted molar refractivity (Wildman–Crippen MR) is 123 cm³/mol. The molecule has 0 aliphatic rings. The lowest BCUT2D eigenvalue weighted by molar-refractivity contribution is -0.111. The van der Waals surface area contributed by atoms with Crippen LogP contribution in [0.4, 0.5) is 5.69 Å². The smallest absolute Gasteiger partial charge is 0.248 e. The zero-order valence-corrected chi connectivity index (χ0v) is 17.8. The molecule has 3 aromatic rings. The normalized spacial score (nSPS) is 10.7. The molecule has 0 bridgehead atoms. The molecule has 0 fully saturated rings. The van der Waals surface area contributed by atoms with E-state index in [2.05, 4.69) is 5.32 Å². The molecule has 1 N–H and O–H groups in total. The van der Waals surface area contributed by atoms with Crippen LogP contribution in [0.2, 0.25) is 0 Å². The SMILES string of the molecule is COc1cc(C=CC(=O)Nc2cccc(C(C)=O)c2)ccc1OCc1ccccc1C. The zero-order chi connectivity index (χ0) is 22.2. The molecule has 5 nitrogen and oxygen atoms in total. The van der Waals surface area contributed by atoms with Crippen LogP contribution in [0.3, 0.4) is 0 Å². The summed E-state index contributed by atoms with van der Waals surface area (Å²) in [5.41, 5.74) is 4.19. The molecule has 0 spiro atoms. The molecule has 0 aliphatic carbocycles. The molecule has 0 aliphatic heterocycles. The van der Waals surface area contributed by atoms with E-state index in [4.69, 9.17) is 9.47 Å². The molecule has 5 heteroatoms. The van der Waals surface area contributed by atoms with Gasteiger partial charge in [0, 0.05) is 17.3 Å². The number of benzene rings is 3. The number of hydrogen-bond donors (Lipinski definition) is 1. The third-order valence-corrected chi connectivity index (χ3v) is 4.80. The Bertz CT molecular complexity index is 1120. The first-order valence-electron chi connectivity index (χ1n) is 9.91. The molecular formula is C26H25NO4. The summed E-state index contributed by atoms with van der Waals surface area (Å²) in [6.45, 7) is 3.98. The standard InChI is InChI=1S/C26H25NO4/c1-18-7-4-5-8-22(18)17-31-24-13-11-20(15-25(24)30-3)12-14-26(29)27-23-10-6-9-21(16-23)19(2)28/h4-16H,17H2,1-3H3,(H,27,29). The largest absolute Gasteiger partial charge is 0.493 e. The van der Waals surface area contributed by atoms with E-state index in [0.29, 0.717) is 29.4 Å². The summed E-state index contributed by atoms with van der Waals surface area (Å²) in [5, 5.41) is 2.76.